The number of anilines is 3. The summed E-state index contributed by atoms with van der Waals surface area (Å²) in [6.07, 6.45) is 0. The first-order valence-electron chi connectivity index (χ1n) is 9.08. The molecular formula is C20H24N4O3. The van der Waals surface area contributed by atoms with E-state index in [4.69, 9.17) is 9.47 Å². The van der Waals surface area contributed by atoms with Crippen LogP contribution in [-0.4, -0.2) is 58.0 Å². The van der Waals surface area contributed by atoms with Gasteiger partial charge >= 0.3 is 6.03 Å². The second kappa shape index (κ2) is 7.26. The van der Waals surface area contributed by atoms with Gasteiger partial charge in [-0.3, -0.25) is 0 Å². The van der Waals surface area contributed by atoms with Gasteiger partial charge < -0.3 is 29.5 Å². The molecule has 0 atom stereocenters. The first-order valence-corrected chi connectivity index (χ1v) is 9.08. The highest BCUT2D eigenvalue weighted by atomic mass is 16.7. The number of ether oxygens (including phenoxy) is 2. The molecule has 0 aromatic heterocycles. The molecule has 0 radical (unpaired) electrons. The van der Waals surface area contributed by atoms with Crippen LogP contribution >= 0.6 is 0 Å². The van der Waals surface area contributed by atoms with Crippen LogP contribution in [0.1, 0.15) is 0 Å². The number of carbonyl (C=O) groups is 1. The van der Waals surface area contributed by atoms with Crippen LogP contribution in [-0.2, 0) is 0 Å². The Morgan fingerprint density at radius 3 is 2.37 bits per heavy atom. The Hall–Kier alpha value is -3.09. The van der Waals surface area contributed by atoms with Gasteiger partial charge in [-0.25, -0.2) is 4.79 Å². The van der Waals surface area contributed by atoms with Crippen molar-refractivity contribution in [3.8, 4) is 11.5 Å². The van der Waals surface area contributed by atoms with Crippen LogP contribution in [0.2, 0.25) is 0 Å². The van der Waals surface area contributed by atoms with E-state index in [2.05, 4.69) is 39.4 Å². The largest absolute Gasteiger partial charge is 0.454 e. The number of amides is 2. The minimum Gasteiger partial charge on any atom is -0.454 e. The van der Waals surface area contributed by atoms with E-state index in [9.17, 15) is 4.79 Å². The van der Waals surface area contributed by atoms with Gasteiger partial charge in [0.05, 0.1) is 0 Å². The normalized spacial score (nSPS) is 15.6. The van der Waals surface area contributed by atoms with Gasteiger partial charge in [0.2, 0.25) is 6.79 Å². The van der Waals surface area contributed by atoms with Crippen LogP contribution < -0.4 is 24.6 Å². The van der Waals surface area contributed by atoms with E-state index in [-0.39, 0.29) is 12.8 Å². The molecular weight excluding hydrogens is 344 g/mol. The summed E-state index contributed by atoms with van der Waals surface area (Å²) >= 11 is 0. The molecule has 2 aliphatic rings. The van der Waals surface area contributed by atoms with E-state index in [0.29, 0.717) is 30.3 Å². The van der Waals surface area contributed by atoms with Crippen molar-refractivity contribution in [3.63, 3.8) is 0 Å². The second-order valence-electron chi connectivity index (χ2n) is 6.88. The van der Waals surface area contributed by atoms with E-state index in [1.165, 1.54) is 11.4 Å². The maximum absolute atomic E-state index is 12.5. The fraction of sp³-hybridized carbons (Fsp3) is 0.350. The fourth-order valence-electron chi connectivity index (χ4n) is 3.31. The SMILES string of the molecule is CN(C)c1ccc(N2CCN(C(=O)Nc3ccc4c(c3)OCO4)CC2)cc1. The molecule has 1 N–H and O–H groups in total. The van der Waals surface area contributed by atoms with E-state index in [1.54, 1.807) is 6.07 Å². The van der Waals surface area contributed by atoms with Gasteiger partial charge in [-0.1, -0.05) is 0 Å². The van der Waals surface area contributed by atoms with Crippen molar-refractivity contribution in [2.45, 2.75) is 0 Å². The summed E-state index contributed by atoms with van der Waals surface area (Å²) in [6.45, 7) is 3.23. The molecule has 27 heavy (non-hydrogen) atoms. The molecule has 4 rings (SSSR count). The van der Waals surface area contributed by atoms with Crippen LogP contribution in [0.5, 0.6) is 11.5 Å². The number of urea groups is 1. The monoisotopic (exact) mass is 368 g/mol. The number of carbonyl (C=O) groups excluding carboxylic acids is 1. The molecule has 0 unspecified atom stereocenters. The van der Waals surface area contributed by atoms with Gasteiger partial charge in [0, 0.05) is 63.4 Å². The van der Waals surface area contributed by atoms with Gasteiger partial charge in [-0.05, 0) is 36.4 Å². The summed E-state index contributed by atoms with van der Waals surface area (Å²) in [7, 11) is 4.07. The van der Waals surface area contributed by atoms with Crippen LogP contribution in [0.3, 0.4) is 0 Å². The van der Waals surface area contributed by atoms with E-state index >= 15 is 0 Å². The zero-order chi connectivity index (χ0) is 18.8. The minimum absolute atomic E-state index is 0.0866. The molecule has 2 aromatic carbocycles. The molecule has 1 saturated heterocycles. The molecule has 2 amide bonds. The lowest BCUT2D eigenvalue weighted by Crippen LogP contribution is -2.50. The summed E-state index contributed by atoms with van der Waals surface area (Å²) < 4.78 is 10.7. The Morgan fingerprint density at radius 1 is 0.963 bits per heavy atom. The molecule has 7 nitrogen and oxygen atoms in total. The number of fused-ring (bicyclic) bond motifs is 1. The third-order valence-electron chi connectivity index (χ3n) is 4.92. The Morgan fingerprint density at radius 2 is 1.67 bits per heavy atom. The molecule has 2 aromatic rings. The number of benzene rings is 2. The number of piperazine rings is 1. The van der Waals surface area contributed by atoms with Gasteiger partial charge in [0.15, 0.2) is 11.5 Å². The Bertz CT molecular complexity index is 814. The predicted octanol–water partition coefficient (Wildman–Crippen LogP) is 2.84. The van der Waals surface area contributed by atoms with Crippen molar-refractivity contribution in [2.75, 3.05) is 62.2 Å². The zero-order valence-corrected chi connectivity index (χ0v) is 15.6. The number of hydrogen-bond donors (Lipinski definition) is 1. The summed E-state index contributed by atoms with van der Waals surface area (Å²) in [4.78, 5) is 18.8. The van der Waals surface area contributed by atoms with Crippen molar-refractivity contribution >= 4 is 23.1 Å². The lowest BCUT2D eigenvalue weighted by atomic mass is 10.2. The maximum Gasteiger partial charge on any atom is 0.321 e. The standard InChI is InChI=1S/C20H24N4O3/c1-22(2)16-4-6-17(7-5-16)23-9-11-24(12-10-23)20(25)21-15-3-8-18-19(13-15)27-14-26-18/h3-8,13H,9-12,14H2,1-2H3,(H,21,25). The first kappa shape index (κ1) is 17.3. The Kier molecular flexibility index (Phi) is 4.66. The Labute approximate surface area is 159 Å². The van der Waals surface area contributed by atoms with E-state index in [1.807, 2.05) is 31.1 Å². The molecule has 7 heteroatoms. The number of nitrogens with zero attached hydrogens (tertiary/aromatic N) is 3. The quantitative estimate of drug-likeness (QED) is 0.903. The number of nitrogens with one attached hydrogen (secondary N) is 1. The molecule has 0 saturated carbocycles. The fourth-order valence-corrected chi connectivity index (χ4v) is 3.31. The highest BCUT2D eigenvalue weighted by molar-refractivity contribution is 5.90. The van der Waals surface area contributed by atoms with Gasteiger partial charge in [0.25, 0.3) is 0 Å². The first-order chi connectivity index (χ1) is 13.1. The molecule has 0 bridgehead atoms. The van der Waals surface area contributed by atoms with Crippen molar-refractivity contribution in [1.82, 2.24) is 4.90 Å². The highest BCUT2D eigenvalue weighted by Gasteiger charge is 2.22. The lowest BCUT2D eigenvalue weighted by molar-refractivity contribution is 0.174. The third kappa shape index (κ3) is 3.72. The molecule has 2 aliphatic heterocycles. The summed E-state index contributed by atoms with van der Waals surface area (Å²) in [5.41, 5.74) is 3.09. The molecule has 142 valence electrons. The Balaban J connectivity index is 1.32. The van der Waals surface area contributed by atoms with Gasteiger partial charge in [-0.2, -0.15) is 0 Å². The number of hydrogen-bond acceptors (Lipinski definition) is 5. The van der Waals surface area contributed by atoms with Crippen LogP contribution in [0, 0.1) is 0 Å². The predicted molar refractivity (Wildman–Crippen MR) is 106 cm³/mol. The smallest absolute Gasteiger partial charge is 0.321 e. The summed E-state index contributed by atoms with van der Waals surface area (Å²) in [5, 5.41) is 2.94. The zero-order valence-electron chi connectivity index (χ0n) is 15.6. The van der Waals surface area contributed by atoms with Gasteiger partial charge in [0.1, 0.15) is 0 Å². The molecule has 0 spiro atoms. The molecule has 0 aliphatic carbocycles. The molecule has 1 fully saturated rings. The van der Waals surface area contributed by atoms with Crippen molar-refractivity contribution in [1.29, 1.82) is 0 Å². The van der Waals surface area contributed by atoms with Crippen LogP contribution in [0.4, 0.5) is 21.9 Å². The average molecular weight is 368 g/mol. The number of rotatable bonds is 3. The van der Waals surface area contributed by atoms with Crippen LogP contribution in [0.15, 0.2) is 42.5 Å². The van der Waals surface area contributed by atoms with Crippen molar-refractivity contribution < 1.29 is 14.3 Å². The summed E-state index contributed by atoms with van der Waals surface area (Å²) in [6, 6.07) is 13.9. The van der Waals surface area contributed by atoms with Crippen LogP contribution in [0.25, 0.3) is 0 Å². The van der Waals surface area contributed by atoms with Crippen molar-refractivity contribution in [2.24, 2.45) is 0 Å². The second-order valence-corrected chi connectivity index (χ2v) is 6.88. The third-order valence-corrected chi connectivity index (χ3v) is 4.92. The van der Waals surface area contributed by atoms with E-state index in [0.717, 1.165) is 13.1 Å². The van der Waals surface area contributed by atoms with Crippen molar-refractivity contribution in [3.05, 3.63) is 42.5 Å². The highest BCUT2D eigenvalue weighted by Crippen LogP contribution is 2.34. The average Bonchev–Trinajstić information content (AvgIpc) is 3.16. The lowest BCUT2D eigenvalue weighted by Gasteiger charge is -2.36. The van der Waals surface area contributed by atoms with Gasteiger partial charge in [-0.15, -0.1) is 0 Å². The summed E-state index contributed by atoms with van der Waals surface area (Å²) in [5.74, 6) is 1.38. The molecule has 2 heterocycles. The minimum atomic E-state index is -0.0866. The van der Waals surface area contributed by atoms with E-state index < -0.39 is 0 Å². The topological polar surface area (TPSA) is 57.3 Å². The maximum atomic E-state index is 12.5.